The van der Waals surface area contributed by atoms with Gasteiger partial charge in [0.1, 0.15) is 6.04 Å². The number of nitrogens with two attached hydrogens (primary N) is 1. The van der Waals surface area contributed by atoms with E-state index in [0.29, 0.717) is 12.3 Å². The van der Waals surface area contributed by atoms with Gasteiger partial charge >= 0.3 is 5.97 Å². The van der Waals surface area contributed by atoms with Gasteiger partial charge in [0.25, 0.3) is 0 Å². The lowest BCUT2D eigenvalue weighted by Crippen LogP contribution is -2.25. The number of halogens is 1. The summed E-state index contributed by atoms with van der Waals surface area (Å²) in [6.45, 7) is 3.09. The molecular formula is C10H16ClN3O2. The first-order valence-corrected chi connectivity index (χ1v) is 5.20. The minimum absolute atomic E-state index is 0. The van der Waals surface area contributed by atoms with E-state index in [-0.39, 0.29) is 12.4 Å². The quantitative estimate of drug-likeness (QED) is 0.801. The molecule has 0 fully saturated rings. The minimum Gasteiger partial charge on any atom is -0.465 e. The molecule has 1 aromatic rings. The van der Waals surface area contributed by atoms with Crippen LogP contribution < -0.4 is 5.73 Å². The van der Waals surface area contributed by atoms with E-state index < -0.39 is 12.0 Å². The van der Waals surface area contributed by atoms with Gasteiger partial charge in [-0.15, -0.1) is 12.4 Å². The Labute approximate surface area is 100 Å². The molecule has 2 N–H and O–H groups in total. The van der Waals surface area contributed by atoms with Gasteiger partial charge in [-0.2, -0.15) is 0 Å². The third kappa shape index (κ3) is 2.20. The standard InChI is InChI=1S/C10H15N3O2.ClH/c1-2-15-10(14)8(11)9-7-4-3-5-13(7)6-12-9;/h6,8H,2-5,11H2,1H3;1H/t8-;/m1./s1. The van der Waals surface area contributed by atoms with Crippen molar-refractivity contribution < 1.29 is 9.53 Å². The van der Waals surface area contributed by atoms with Gasteiger partial charge in [-0.1, -0.05) is 0 Å². The first-order valence-electron chi connectivity index (χ1n) is 5.20. The van der Waals surface area contributed by atoms with Crippen molar-refractivity contribution in [3.8, 4) is 0 Å². The number of nitrogens with zero attached hydrogens (tertiary/aromatic N) is 2. The number of carbonyl (C=O) groups is 1. The highest BCUT2D eigenvalue weighted by molar-refractivity contribution is 5.85. The van der Waals surface area contributed by atoms with Crippen molar-refractivity contribution in [2.24, 2.45) is 5.73 Å². The second-order valence-corrected chi connectivity index (χ2v) is 3.60. The van der Waals surface area contributed by atoms with Gasteiger partial charge in [-0.05, 0) is 19.8 Å². The number of hydrogen-bond donors (Lipinski definition) is 1. The third-order valence-corrected chi connectivity index (χ3v) is 2.63. The number of carbonyl (C=O) groups excluding carboxylic acids is 1. The Morgan fingerprint density at radius 2 is 2.50 bits per heavy atom. The molecule has 0 radical (unpaired) electrons. The molecule has 0 saturated heterocycles. The highest BCUT2D eigenvalue weighted by atomic mass is 35.5. The van der Waals surface area contributed by atoms with Gasteiger partial charge in [-0.3, -0.25) is 0 Å². The number of aryl methyl sites for hydroxylation is 1. The Hall–Kier alpha value is -1.07. The lowest BCUT2D eigenvalue weighted by molar-refractivity contribution is -0.144. The molecule has 1 aromatic heterocycles. The lowest BCUT2D eigenvalue weighted by Gasteiger charge is -2.09. The molecule has 90 valence electrons. The van der Waals surface area contributed by atoms with Crippen LogP contribution >= 0.6 is 12.4 Å². The molecule has 0 unspecified atom stereocenters. The van der Waals surface area contributed by atoms with Crippen molar-refractivity contribution in [1.82, 2.24) is 9.55 Å². The van der Waals surface area contributed by atoms with E-state index in [0.717, 1.165) is 25.1 Å². The van der Waals surface area contributed by atoms with Crippen molar-refractivity contribution in [3.05, 3.63) is 17.7 Å². The second-order valence-electron chi connectivity index (χ2n) is 3.60. The molecule has 2 rings (SSSR count). The molecule has 5 nitrogen and oxygen atoms in total. The number of imidazole rings is 1. The van der Waals surface area contributed by atoms with Crippen LogP contribution in [0.25, 0.3) is 0 Å². The molecular weight excluding hydrogens is 230 g/mol. The topological polar surface area (TPSA) is 70.1 Å². The van der Waals surface area contributed by atoms with Gasteiger partial charge in [-0.25, -0.2) is 9.78 Å². The minimum atomic E-state index is -0.737. The Kier molecular flexibility index (Phi) is 4.32. The summed E-state index contributed by atoms with van der Waals surface area (Å²) < 4.78 is 6.92. The fourth-order valence-electron chi connectivity index (χ4n) is 1.91. The highest BCUT2D eigenvalue weighted by Gasteiger charge is 2.26. The maximum absolute atomic E-state index is 11.4. The van der Waals surface area contributed by atoms with Gasteiger partial charge < -0.3 is 15.0 Å². The number of rotatable bonds is 3. The van der Waals surface area contributed by atoms with Crippen molar-refractivity contribution in [3.63, 3.8) is 0 Å². The van der Waals surface area contributed by atoms with Crippen LogP contribution in [0, 0.1) is 0 Å². The van der Waals surface area contributed by atoms with Gasteiger partial charge in [0.15, 0.2) is 0 Å². The summed E-state index contributed by atoms with van der Waals surface area (Å²) in [5.41, 5.74) is 7.54. The fourth-order valence-corrected chi connectivity index (χ4v) is 1.91. The van der Waals surface area contributed by atoms with E-state index in [9.17, 15) is 4.79 Å². The van der Waals surface area contributed by atoms with E-state index in [1.54, 1.807) is 13.3 Å². The summed E-state index contributed by atoms with van der Waals surface area (Å²) >= 11 is 0. The van der Waals surface area contributed by atoms with Crippen molar-refractivity contribution in [2.45, 2.75) is 32.4 Å². The predicted molar refractivity (Wildman–Crippen MR) is 61.4 cm³/mol. The molecule has 0 amide bonds. The Balaban J connectivity index is 0.00000128. The summed E-state index contributed by atoms with van der Waals surface area (Å²) in [4.78, 5) is 15.6. The number of esters is 1. The summed E-state index contributed by atoms with van der Waals surface area (Å²) in [7, 11) is 0. The van der Waals surface area contributed by atoms with Crippen LogP contribution in [0.3, 0.4) is 0 Å². The molecule has 2 heterocycles. The Morgan fingerprint density at radius 1 is 1.75 bits per heavy atom. The number of hydrogen-bond acceptors (Lipinski definition) is 4. The molecule has 0 spiro atoms. The summed E-state index contributed by atoms with van der Waals surface area (Å²) in [6, 6.07) is -0.737. The monoisotopic (exact) mass is 245 g/mol. The average Bonchev–Trinajstić information content (AvgIpc) is 2.77. The smallest absolute Gasteiger partial charge is 0.329 e. The maximum atomic E-state index is 11.4. The molecule has 0 aliphatic carbocycles. The van der Waals surface area contributed by atoms with E-state index >= 15 is 0 Å². The normalized spacial score (nSPS) is 15.1. The SMILES string of the molecule is CCOC(=O)[C@H](N)c1ncn2c1CCC2.Cl. The molecule has 0 aromatic carbocycles. The van der Waals surface area contributed by atoms with E-state index in [4.69, 9.17) is 10.5 Å². The number of fused-ring (bicyclic) bond motifs is 1. The first kappa shape index (κ1) is 13.0. The van der Waals surface area contributed by atoms with Crippen LogP contribution in [-0.4, -0.2) is 22.1 Å². The largest absolute Gasteiger partial charge is 0.465 e. The molecule has 1 aliphatic heterocycles. The zero-order valence-corrected chi connectivity index (χ0v) is 10.00. The molecule has 6 heteroatoms. The Bertz CT molecular complexity index is 378. The average molecular weight is 246 g/mol. The molecule has 1 aliphatic rings. The molecule has 1 atom stereocenters. The van der Waals surface area contributed by atoms with Crippen LogP contribution in [0.4, 0.5) is 0 Å². The lowest BCUT2D eigenvalue weighted by atomic mass is 10.1. The number of aromatic nitrogens is 2. The maximum Gasteiger partial charge on any atom is 0.329 e. The van der Waals surface area contributed by atoms with Crippen molar-refractivity contribution >= 4 is 18.4 Å². The predicted octanol–water partition coefficient (Wildman–Crippen LogP) is 0.814. The van der Waals surface area contributed by atoms with Gasteiger partial charge in [0.05, 0.1) is 18.6 Å². The Morgan fingerprint density at radius 3 is 3.19 bits per heavy atom. The molecule has 0 saturated carbocycles. The zero-order valence-electron chi connectivity index (χ0n) is 9.18. The first-order chi connectivity index (χ1) is 7.24. The summed E-state index contributed by atoms with van der Waals surface area (Å²) in [5.74, 6) is -0.397. The van der Waals surface area contributed by atoms with Crippen molar-refractivity contribution in [2.75, 3.05) is 6.61 Å². The zero-order chi connectivity index (χ0) is 10.8. The van der Waals surface area contributed by atoms with Crippen molar-refractivity contribution in [1.29, 1.82) is 0 Å². The van der Waals surface area contributed by atoms with Gasteiger partial charge in [0.2, 0.25) is 0 Å². The molecule has 16 heavy (non-hydrogen) atoms. The van der Waals surface area contributed by atoms with Crippen LogP contribution in [0.5, 0.6) is 0 Å². The van der Waals surface area contributed by atoms with E-state index in [1.807, 2.05) is 0 Å². The van der Waals surface area contributed by atoms with E-state index in [1.165, 1.54) is 0 Å². The summed E-state index contributed by atoms with van der Waals surface area (Å²) in [5, 5.41) is 0. The van der Waals surface area contributed by atoms with Crippen LogP contribution in [-0.2, 0) is 22.5 Å². The summed E-state index contributed by atoms with van der Waals surface area (Å²) in [6.07, 6.45) is 3.79. The van der Waals surface area contributed by atoms with E-state index in [2.05, 4.69) is 9.55 Å². The fraction of sp³-hybridized carbons (Fsp3) is 0.600. The molecule has 0 bridgehead atoms. The van der Waals surface area contributed by atoms with Crippen LogP contribution in [0.2, 0.25) is 0 Å². The number of ether oxygens (including phenoxy) is 1. The second kappa shape index (κ2) is 5.32. The highest BCUT2D eigenvalue weighted by Crippen LogP contribution is 2.22. The van der Waals surface area contributed by atoms with Crippen LogP contribution in [0.1, 0.15) is 30.8 Å². The third-order valence-electron chi connectivity index (χ3n) is 2.63. The van der Waals surface area contributed by atoms with Crippen LogP contribution in [0.15, 0.2) is 6.33 Å². The van der Waals surface area contributed by atoms with Gasteiger partial charge in [0, 0.05) is 12.2 Å².